The highest BCUT2D eigenvalue weighted by Gasteiger charge is 2.32. The van der Waals surface area contributed by atoms with Gasteiger partial charge in [-0.15, -0.1) is 0 Å². The van der Waals surface area contributed by atoms with Gasteiger partial charge in [0.25, 0.3) is 10.2 Å². The number of hydrogen-bond donors (Lipinski definition) is 1. The molecule has 1 saturated carbocycles. The maximum Gasteiger partial charge on any atom is 0.299 e. The van der Waals surface area contributed by atoms with E-state index in [1.807, 2.05) is 11.7 Å². The molecule has 3 rings (SSSR count). The third kappa shape index (κ3) is 2.82. The number of aromatic nitrogens is 2. The van der Waals surface area contributed by atoms with Crippen LogP contribution in [0, 0.1) is 0 Å². The van der Waals surface area contributed by atoms with Crippen LogP contribution in [0.4, 0.5) is 5.69 Å². The van der Waals surface area contributed by atoms with E-state index in [0.717, 1.165) is 32.2 Å². The number of likely N-dealkylation sites (N-methyl/N-ethyl adjacent to an activating group) is 1. The van der Waals surface area contributed by atoms with Gasteiger partial charge in [-0.05, 0) is 39.3 Å². The first kappa shape index (κ1) is 13.8. The van der Waals surface area contributed by atoms with Crippen LogP contribution >= 0.6 is 0 Å². The summed E-state index contributed by atoms with van der Waals surface area (Å²) < 4.78 is 27.2. The Morgan fingerprint density at radius 3 is 2.75 bits per heavy atom. The minimum absolute atomic E-state index is 0.111. The van der Waals surface area contributed by atoms with E-state index in [-0.39, 0.29) is 6.04 Å². The minimum Gasteiger partial charge on any atom is -0.304 e. The van der Waals surface area contributed by atoms with E-state index in [1.165, 1.54) is 4.31 Å². The van der Waals surface area contributed by atoms with Crippen LogP contribution in [0.25, 0.3) is 0 Å². The molecule has 2 fully saturated rings. The third-order valence-electron chi connectivity index (χ3n) is 3.97. The molecule has 1 aliphatic heterocycles. The fraction of sp³-hybridized carbons (Fsp3) is 0.750. The zero-order valence-corrected chi connectivity index (χ0v) is 12.5. The topological polar surface area (TPSA) is 84.5 Å². The van der Waals surface area contributed by atoms with Crippen molar-refractivity contribution in [3.8, 4) is 0 Å². The molecule has 8 heteroatoms. The van der Waals surface area contributed by atoms with Crippen molar-refractivity contribution in [1.29, 1.82) is 0 Å². The molecule has 0 radical (unpaired) electrons. The van der Waals surface area contributed by atoms with Gasteiger partial charge in [-0.1, -0.05) is 0 Å². The molecule has 1 aliphatic carbocycles. The fourth-order valence-electron chi connectivity index (χ4n) is 2.88. The number of hydrogen-bond acceptors (Lipinski definition) is 4. The average Bonchev–Trinajstić information content (AvgIpc) is 3.09. The van der Waals surface area contributed by atoms with Crippen LogP contribution in [0.15, 0.2) is 12.4 Å². The van der Waals surface area contributed by atoms with Crippen LogP contribution in [0.5, 0.6) is 0 Å². The van der Waals surface area contributed by atoms with Crippen molar-refractivity contribution in [2.24, 2.45) is 5.14 Å². The van der Waals surface area contributed by atoms with Gasteiger partial charge in [0, 0.05) is 12.7 Å². The van der Waals surface area contributed by atoms with Crippen molar-refractivity contribution < 1.29 is 8.42 Å². The molecule has 1 aromatic rings. The minimum atomic E-state index is -3.78. The highest BCUT2D eigenvalue weighted by Crippen LogP contribution is 2.35. The van der Waals surface area contributed by atoms with E-state index in [4.69, 9.17) is 5.14 Å². The van der Waals surface area contributed by atoms with Crippen molar-refractivity contribution in [3.05, 3.63) is 12.4 Å². The Kier molecular flexibility index (Phi) is 3.47. The Bertz CT molecular complexity index is 580. The standard InChI is InChI=1S/C12H21N5O2S/c1-15-6-2-3-11(8-15)17(20(13,18)19)12-7-14-16(9-12)10-4-5-10/h7,9-11H,2-6,8H2,1H3,(H2,13,18,19). The number of rotatable bonds is 4. The van der Waals surface area contributed by atoms with Gasteiger partial charge in [-0.3, -0.25) is 8.99 Å². The lowest BCUT2D eigenvalue weighted by molar-refractivity contribution is 0.253. The fourth-order valence-corrected chi connectivity index (χ4v) is 3.85. The molecule has 0 aromatic carbocycles. The summed E-state index contributed by atoms with van der Waals surface area (Å²) in [5.41, 5.74) is 0.583. The molecule has 2 heterocycles. The molecule has 2 N–H and O–H groups in total. The number of piperidine rings is 1. The number of nitrogens with zero attached hydrogens (tertiary/aromatic N) is 4. The predicted octanol–water partition coefficient (Wildman–Crippen LogP) is 0.322. The van der Waals surface area contributed by atoms with Gasteiger partial charge in [0.1, 0.15) is 0 Å². The van der Waals surface area contributed by atoms with E-state index in [1.54, 1.807) is 12.4 Å². The summed E-state index contributed by atoms with van der Waals surface area (Å²) in [6, 6.07) is 0.320. The molecule has 0 amide bonds. The zero-order valence-electron chi connectivity index (χ0n) is 11.6. The van der Waals surface area contributed by atoms with Crippen molar-refractivity contribution in [2.45, 2.75) is 37.8 Å². The van der Waals surface area contributed by atoms with Gasteiger partial charge in [0.2, 0.25) is 0 Å². The first-order valence-corrected chi connectivity index (χ1v) is 8.50. The van der Waals surface area contributed by atoms with Crippen molar-refractivity contribution in [3.63, 3.8) is 0 Å². The summed E-state index contributed by atoms with van der Waals surface area (Å²) in [5, 5.41) is 9.70. The highest BCUT2D eigenvalue weighted by atomic mass is 32.2. The maximum atomic E-state index is 12.0. The number of nitrogens with two attached hydrogens (primary N) is 1. The van der Waals surface area contributed by atoms with E-state index in [2.05, 4.69) is 10.00 Å². The first-order valence-electron chi connectivity index (χ1n) is 7.00. The van der Waals surface area contributed by atoms with E-state index in [0.29, 0.717) is 18.3 Å². The van der Waals surface area contributed by atoms with Gasteiger partial charge in [0.15, 0.2) is 0 Å². The van der Waals surface area contributed by atoms with Crippen molar-refractivity contribution >= 4 is 15.9 Å². The summed E-state index contributed by atoms with van der Waals surface area (Å²) in [6.07, 6.45) is 7.44. The second-order valence-electron chi connectivity index (χ2n) is 5.81. The molecular formula is C12H21N5O2S. The predicted molar refractivity (Wildman–Crippen MR) is 76.6 cm³/mol. The maximum absolute atomic E-state index is 12.0. The van der Waals surface area contributed by atoms with Gasteiger partial charge in [-0.2, -0.15) is 13.5 Å². The number of likely N-dealkylation sites (tertiary alicyclic amines) is 1. The van der Waals surface area contributed by atoms with Crippen LogP contribution in [0.2, 0.25) is 0 Å². The zero-order chi connectivity index (χ0) is 14.3. The smallest absolute Gasteiger partial charge is 0.299 e. The molecule has 1 aromatic heterocycles. The summed E-state index contributed by atoms with van der Waals surface area (Å²) in [6.45, 7) is 1.70. The lowest BCUT2D eigenvalue weighted by Gasteiger charge is -2.36. The lowest BCUT2D eigenvalue weighted by atomic mass is 10.1. The van der Waals surface area contributed by atoms with Crippen molar-refractivity contribution in [1.82, 2.24) is 14.7 Å². The first-order chi connectivity index (χ1) is 9.45. The molecule has 112 valence electrons. The molecule has 0 spiro atoms. The Balaban J connectivity index is 1.88. The van der Waals surface area contributed by atoms with E-state index < -0.39 is 10.2 Å². The Hall–Kier alpha value is -1.12. The highest BCUT2D eigenvalue weighted by molar-refractivity contribution is 7.90. The molecule has 1 atom stereocenters. The van der Waals surface area contributed by atoms with Crippen LogP contribution in [-0.2, 0) is 10.2 Å². The quantitative estimate of drug-likeness (QED) is 0.868. The van der Waals surface area contributed by atoms with E-state index >= 15 is 0 Å². The molecular weight excluding hydrogens is 278 g/mol. The normalized spacial score (nSPS) is 24.8. The lowest BCUT2D eigenvalue weighted by Crippen LogP contribution is -2.51. The van der Waals surface area contributed by atoms with Gasteiger partial charge < -0.3 is 4.90 Å². The monoisotopic (exact) mass is 299 g/mol. The van der Waals surface area contributed by atoms with Gasteiger partial charge in [-0.25, -0.2) is 5.14 Å². The molecule has 20 heavy (non-hydrogen) atoms. The average molecular weight is 299 g/mol. The molecule has 1 unspecified atom stereocenters. The molecule has 7 nitrogen and oxygen atoms in total. The van der Waals surface area contributed by atoms with Crippen LogP contribution in [0.3, 0.4) is 0 Å². The van der Waals surface area contributed by atoms with Crippen LogP contribution in [0.1, 0.15) is 31.7 Å². The van der Waals surface area contributed by atoms with Crippen LogP contribution in [-0.4, -0.2) is 49.3 Å². The SMILES string of the molecule is CN1CCCC(N(c2cnn(C3CC3)c2)S(N)(=O)=O)C1. The second kappa shape index (κ2) is 5.01. The molecule has 1 saturated heterocycles. The summed E-state index contributed by atoms with van der Waals surface area (Å²) >= 11 is 0. The molecule has 2 aliphatic rings. The third-order valence-corrected chi connectivity index (χ3v) is 5.03. The van der Waals surface area contributed by atoms with Gasteiger partial charge >= 0.3 is 0 Å². The molecule has 0 bridgehead atoms. The summed E-state index contributed by atoms with van der Waals surface area (Å²) in [5.74, 6) is 0. The Labute approximate surface area is 119 Å². The van der Waals surface area contributed by atoms with E-state index in [9.17, 15) is 8.42 Å². The number of anilines is 1. The Morgan fingerprint density at radius 2 is 2.15 bits per heavy atom. The van der Waals surface area contributed by atoms with Crippen LogP contribution < -0.4 is 9.44 Å². The summed E-state index contributed by atoms with van der Waals surface area (Å²) in [7, 11) is -1.78. The Morgan fingerprint density at radius 1 is 1.40 bits per heavy atom. The largest absolute Gasteiger partial charge is 0.304 e. The van der Waals surface area contributed by atoms with Gasteiger partial charge in [0.05, 0.1) is 24.0 Å². The second-order valence-corrected chi connectivity index (χ2v) is 7.23. The van der Waals surface area contributed by atoms with Crippen molar-refractivity contribution in [2.75, 3.05) is 24.4 Å². The summed E-state index contributed by atoms with van der Waals surface area (Å²) in [4.78, 5) is 2.14.